The molecule has 6 nitrogen and oxygen atoms in total. The first-order valence-electron chi connectivity index (χ1n) is 6.67. The predicted octanol–water partition coefficient (Wildman–Crippen LogP) is 1.35. The predicted molar refractivity (Wildman–Crippen MR) is 77.2 cm³/mol. The molecule has 7 heteroatoms. The smallest absolute Gasteiger partial charge is 0.216 e. The number of nitrogens with one attached hydrogen (secondary N) is 1. The van der Waals surface area contributed by atoms with Crippen LogP contribution >= 0.6 is 0 Å². The Morgan fingerprint density at radius 2 is 2.35 bits per heavy atom. The molecule has 1 N–H and O–H groups in total. The van der Waals surface area contributed by atoms with Gasteiger partial charge in [0.15, 0.2) is 0 Å². The van der Waals surface area contributed by atoms with Gasteiger partial charge in [0.25, 0.3) is 0 Å². The number of rotatable bonds is 4. The zero-order valence-electron chi connectivity index (χ0n) is 11.2. The second kappa shape index (κ2) is 5.06. The van der Waals surface area contributed by atoms with Gasteiger partial charge in [-0.2, -0.15) is 0 Å². The molecule has 2 aromatic heterocycles. The highest BCUT2D eigenvalue weighted by Gasteiger charge is 2.33. The SMILES string of the molecule is CCNS(=O)(=O)[C@H]1CCN(c2nccc3occc23)C1. The van der Waals surface area contributed by atoms with Gasteiger partial charge in [0.1, 0.15) is 11.4 Å². The summed E-state index contributed by atoms with van der Waals surface area (Å²) in [6.07, 6.45) is 3.93. The van der Waals surface area contributed by atoms with Crippen LogP contribution in [0.3, 0.4) is 0 Å². The van der Waals surface area contributed by atoms with Crippen LogP contribution in [0.15, 0.2) is 29.0 Å². The van der Waals surface area contributed by atoms with Crippen LogP contribution in [0.25, 0.3) is 11.0 Å². The molecule has 1 saturated heterocycles. The third-order valence-electron chi connectivity index (χ3n) is 3.59. The number of sulfonamides is 1. The quantitative estimate of drug-likeness (QED) is 0.921. The summed E-state index contributed by atoms with van der Waals surface area (Å²) < 4.78 is 32.0. The lowest BCUT2D eigenvalue weighted by atomic mass is 10.3. The van der Waals surface area contributed by atoms with E-state index in [4.69, 9.17) is 4.42 Å². The topological polar surface area (TPSA) is 75.4 Å². The van der Waals surface area contributed by atoms with Gasteiger partial charge < -0.3 is 9.32 Å². The van der Waals surface area contributed by atoms with E-state index in [9.17, 15) is 8.42 Å². The van der Waals surface area contributed by atoms with Gasteiger partial charge in [0, 0.05) is 25.8 Å². The molecule has 108 valence electrons. The van der Waals surface area contributed by atoms with Gasteiger partial charge in [-0.25, -0.2) is 18.1 Å². The van der Waals surface area contributed by atoms with Crippen molar-refractivity contribution in [1.29, 1.82) is 0 Å². The molecule has 0 saturated carbocycles. The molecule has 0 unspecified atom stereocenters. The maximum atomic E-state index is 12.0. The zero-order chi connectivity index (χ0) is 14.2. The Kier molecular flexibility index (Phi) is 3.39. The van der Waals surface area contributed by atoms with Gasteiger partial charge in [-0.15, -0.1) is 0 Å². The van der Waals surface area contributed by atoms with Gasteiger partial charge in [-0.3, -0.25) is 0 Å². The molecule has 1 aliphatic heterocycles. The highest BCUT2D eigenvalue weighted by atomic mass is 32.2. The van der Waals surface area contributed by atoms with Crippen LogP contribution in [0.2, 0.25) is 0 Å². The Bertz CT molecular complexity index is 710. The molecule has 1 aliphatic rings. The van der Waals surface area contributed by atoms with E-state index >= 15 is 0 Å². The minimum Gasteiger partial charge on any atom is -0.464 e. The van der Waals surface area contributed by atoms with Crippen LogP contribution < -0.4 is 9.62 Å². The van der Waals surface area contributed by atoms with Crippen LogP contribution in [0.4, 0.5) is 5.82 Å². The number of pyridine rings is 1. The van der Waals surface area contributed by atoms with E-state index in [0.717, 1.165) is 16.8 Å². The molecule has 2 aromatic rings. The first-order chi connectivity index (χ1) is 9.62. The summed E-state index contributed by atoms with van der Waals surface area (Å²) in [7, 11) is -3.23. The summed E-state index contributed by atoms with van der Waals surface area (Å²) in [6.45, 7) is 3.37. The van der Waals surface area contributed by atoms with E-state index in [2.05, 4.69) is 9.71 Å². The lowest BCUT2D eigenvalue weighted by Gasteiger charge is -2.18. The van der Waals surface area contributed by atoms with Crippen LogP contribution in [-0.2, 0) is 10.0 Å². The van der Waals surface area contributed by atoms with Crippen molar-refractivity contribution < 1.29 is 12.8 Å². The standard InChI is InChI=1S/C13H17N3O3S/c1-2-15-20(17,18)10-4-7-16(9-10)13-11-5-8-19-12(11)3-6-14-13/h3,5-6,8,10,15H,2,4,7,9H2,1H3/t10-/m0/s1. The molecule has 1 atom stereocenters. The fourth-order valence-electron chi connectivity index (χ4n) is 2.62. The van der Waals surface area contributed by atoms with E-state index in [1.807, 2.05) is 17.0 Å². The number of hydrogen-bond donors (Lipinski definition) is 1. The largest absolute Gasteiger partial charge is 0.464 e. The van der Waals surface area contributed by atoms with E-state index < -0.39 is 10.0 Å². The summed E-state index contributed by atoms with van der Waals surface area (Å²) >= 11 is 0. The number of nitrogens with zero attached hydrogens (tertiary/aromatic N) is 2. The number of anilines is 1. The van der Waals surface area contributed by atoms with Gasteiger partial charge in [0.2, 0.25) is 10.0 Å². The Hall–Kier alpha value is -1.60. The lowest BCUT2D eigenvalue weighted by Crippen LogP contribution is -2.36. The molecule has 0 aliphatic carbocycles. The Balaban J connectivity index is 1.86. The number of furan rings is 1. The zero-order valence-corrected chi connectivity index (χ0v) is 12.1. The van der Waals surface area contributed by atoms with Gasteiger partial charge in [0.05, 0.1) is 16.9 Å². The second-order valence-corrected chi connectivity index (χ2v) is 6.91. The van der Waals surface area contributed by atoms with E-state index in [0.29, 0.717) is 26.1 Å². The number of aromatic nitrogens is 1. The second-order valence-electron chi connectivity index (χ2n) is 4.87. The molecular weight excluding hydrogens is 278 g/mol. The number of fused-ring (bicyclic) bond motifs is 1. The average Bonchev–Trinajstić information content (AvgIpc) is 3.07. The van der Waals surface area contributed by atoms with Crippen molar-refractivity contribution in [2.75, 3.05) is 24.5 Å². The summed E-state index contributed by atoms with van der Waals surface area (Å²) in [5.41, 5.74) is 0.771. The van der Waals surface area contributed by atoms with Gasteiger partial charge in [-0.1, -0.05) is 6.92 Å². The van der Waals surface area contributed by atoms with Crippen LogP contribution in [0.5, 0.6) is 0 Å². The third-order valence-corrected chi connectivity index (χ3v) is 5.54. The van der Waals surface area contributed by atoms with Crippen molar-refractivity contribution in [3.05, 3.63) is 24.6 Å². The first-order valence-corrected chi connectivity index (χ1v) is 8.22. The summed E-state index contributed by atoms with van der Waals surface area (Å²) in [6, 6.07) is 3.67. The van der Waals surface area contributed by atoms with Crippen LogP contribution in [0, 0.1) is 0 Å². The maximum Gasteiger partial charge on any atom is 0.216 e. The lowest BCUT2D eigenvalue weighted by molar-refractivity contribution is 0.571. The van der Waals surface area contributed by atoms with Crippen LogP contribution in [-0.4, -0.2) is 38.3 Å². The molecule has 0 amide bonds. The molecule has 0 bridgehead atoms. The summed E-state index contributed by atoms with van der Waals surface area (Å²) in [4.78, 5) is 6.39. The molecule has 1 fully saturated rings. The molecular formula is C13H17N3O3S. The molecule has 0 radical (unpaired) electrons. The molecule has 20 heavy (non-hydrogen) atoms. The van der Waals surface area contributed by atoms with Crippen molar-refractivity contribution >= 4 is 26.8 Å². The van der Waals surface area contributed by atoms with Gasteiger partial charge in [-0.05, 0) is 18.6 Å². The molecule has 0 aromatic carbocycles. The van der Waals surface area contributed by atoms with Crippen molar-refractivity contribution in [2.24, 2.45) is 0 Å². The van der Waals surface area contributed by atoms with Gasteiger partial charge >= 0.3 is 0 Å². The van der Waals surface area contributed by atoms with Crippen molar-refractivity contribution in [3.8, 4) is 0 Å². The fourth-order valence-corrected chi connectivity index (χ4v) is 4.05. The third kappa shape index (κ3) is 2.27. The van der Waals surface area contributed by atoms with E-state index in [-0.39, 0.29) is 5.25 Å². The highest BCUT2D eigenvalue weighted by Crippen LogP contribution is 2.29. The average molecular weight is 295 g/mol. The Morgan fingerprint density at radius 1 is 1.50 bits per heavy atom. The maximum absolute atomic E-state index is 12.0. The Morgan fingerprint density at radius 3 is 3.15 bits per heavy atom. The molecule has 3 heterocycles. The monoisotopic (exact) mass is 295 g/mol. The minimum absolute atomic E-state index is 0.383. The minimum atomic E-state index is -3.23. The molecule has 0 spiro atoms. The van der Waals surface area contributed by atoms with Crippen molar-refractivity contribution in [2.45, 2.75) is 18.6 Å². The van der Waals surface area contributed by atoms with E-state index in [1.54, 1.807) is 19.4 Å². The van der Waals surface area contributed by atoms with Crippen molar-refractivity contribution in [3.63, 3.8) is 0 Å². The fraction of sp³-hybridized carbons (Fsp3) is 0.462. The summed E-state index contributed by atoms with van der Waals surface area (Å²) in [5.74, 6) is 0.797. The number of hydrogen-bond acceptors (Lipinski definition) is 5. The Labute approximate surface area is 117 Å². The highest BCUT2D eigenvalue weighted by molar-refractivity contribution is 7.90. The van der Waals surface area contributed by atoms with E-state index in [1.165, 1.54) is 0 Å². The summed E-state index contributed by atoms with van der Waals surface area (Å²) in [5, 5.41) is 0.542. The van der Waals surface area contributed by atoms with Crippen LogP contribution in [0.1, 0.15) is 13.3 Å². The normalized spacial score (nSPS) is 19.9. The first kappa shape index (κ1) is 13.4. The molecule has 3 rings (SSSR count). The van der Waals surface area contributed by atoms with Crippen molar-refractivity contribution in [1.82, 2.24) is 9.71 Å².